The van der Waals surface area contributed by atoms with Crippen LogP contribution in [0.2, 0.25) is 0 Å². The molecule has 8 nitrogen and oxygen atoms in total. The molecule has 0 radical (unpaired) electrons. The number of amides is 1. The van der Waals surface area contributed by atoms with Crippen LogP contribution in [0, 0.1) is 0 Å². The molecule has 0 aromatic heterocycles. The highest BCUT2D eigenvalue weighted by atomic mass is 32.2. The molecule has 0 saturated carbocycles. The monoisotopic (exact) mass is 611 g/mol. The lowest BCUT2D eigenvalue weighted by atomic mass is 10.0. The number of rotatable bonds is 12. The summed E-state index contributed by atoms with van der Waals surface area (Å²) in [7, 11) is -3.65. The number of hydrogen-bond acceptors (Lipinski definition) is 7. The first-order chi connectivity index (χ1) is 19.1. The van der Waals surface area contributed by atoms with Crippen molar-refractivity contribution in [3.63, 3.8) is 0 Å². The molecular weight excluding hydrogens is 580 g/mol. The zero-order chi connectivity index (χ0) is 30.3. The number of ether oxygens (including phenoxy) is 2. The zero-order valence-corrected chi connectivity index (χ0v) is 23.0. The number of alkyl halides is 6. The van der Waals surface area contributed by atoms with Crippen LogP contribution < -0.4 is 4.72 Å². The SMILES string of the molecule is CS(=O)(=O)NC(=O)COCCN1CCN(C(COCc2cc(C(F)(F)F)cc(C(F)(F)F)c2)c2ccccc2)CC1. The largest absolute Gasteiger partial charge is 0.416 e. The molecular formula is C26H31F6N3O5S. The molecule has 1 N–H and O–H groups in total. The minimum atomic E-state index is -4.93. The summed E-state index contributed by atoms with van der Waals surface area (Å²) in [6.45, 7) is 2.38. The van der Waals surface area contributed by atoms with Gasteiger partial charge >= 0.3 is 12.4 Å². The van der Waals surface area contributed by atoms with Crippen LogP contribution in [0.4, 0.5) is 26.3 Å². The molecule has 41 heavy (non-hydrogen) atoms. The van der Waals surface area contributed by atoms with Crippen molar-refractivity contribution in [1.29, 1.82) is 0 Å². The Bertz CT molecular complexity index is 1220. The van der Waals surface area contributed by atoms with E-state index in [1.165, 1.54) is 0 Å². The predicted octanol–water partition coefficient (Wildman–Crippen LogP) is 3.69. The Hall–Kier alpha value is -2.72. The van der Waals surface area contributed by atoms with E-state index in [1.54, 1.807) is 0 Å². The van der Waals surface area contributed by atoms with E-state index in [9.17, 15) is 39.6 Å². The van der Waals surface area contributed by atoms with Crippen LogP contribution in [0.25, 0.3) is 0 Å². The Labute approximate surface area is 234 Å². The van der Waals surface area contributed by atoms with Crippen LogP contribution in [0.5, 0.6) is 0 Å². The summed E-state index contributed by atoms with van der Waals surface area (Å²) in [5.74, 6) is -0.761. The van der Waals surface area contributed by atoms with Gasteiger partial charge in [0.15, 0.2) is 0 Å². The van der Waals surface area contributed by atoms with Crippen molar-refractivity contribution in [2.45, 2.75) is 25.0 Å². The molecule has 0 spiro atoms. The number of benzene rings is 2. The second kappa shape index (κ2) is 14.0. The summed E-state index contributed by atoms with van der Waals surface area (Å²) in [5, 5.41) is 0. The minimum Gasteiger partial charge on any atom is -0.375 e. The number of hydrogen-bond donors (Lipinski definition) is 1. The summed E-state index contributed by atoms with van der Waals surface area (Å²) < 4.78 is 114. The van der Waals surface area contributed by atoms with Crippen LogP contribution in [0.3, 0.4) is 0 Å². The molecule has 1 aliphatic rings. The Morgan fingerprint density at radius 1 is 0.927 bits per heavy atom. The van der Waals surface area contributed by atoms with Gasteiger partial charge in [0.25, 0.3) is 5.91 Å². The lowest BCUT2D eigenvalue weighted by molar-refractivity contribution is -0.143. The molecule has 1 amide bonds. The van der Waals surface area contributed by atoms with Crippen molar-refractivity contribution in [3.8, 4) is 0 Å². The minimum absolute atomic E-state index is 0.0418. The van der Waals surface area contributed by atoms with Crippen LogP contribution >= 0.6 is 0 Å². The number of carbonyl (C=O) groups excluding carboxylic acids is 1. The van der Waals surface area contributed by atoms with Crippen LogP contribution in [-0.4, -0.2) is 82.9 Å². The van der Waals surface area contributed by atoms with Gasteiger partial charge in [0.2, 0.25) is 10.0 Å². The van der Waals surface area contributed by atoms with Crippen molar-refractivity contribution in [1.82, 2.24) is 14.5 Å². The average Bonchev–Trinajstić information content (AvgIpc) is 2.88. The molecule has 1 fully saturated rings. The first-order valence-corrected chi connectivity index (χ1v) is 14.5. The zero-order valence-electron chi connectivity index (χ0n) is 22.2. The number of sulfonamides is 1. The van der Waals surface area contributed by atoms with E-state index in [-0.39, 0.29) is 30.9 Å². The van der Waals surface area contributed by atoms with E-state index >= 15 is 0 Å². The second-order valence-corrected chi connectivity index (χ2v) is 11.3. The maximum Gasteiger partial charge on any atom is 0.416 e. The van der Waals surface area contributed by atoms with Crippen molar-refractivity contribution in [3.05, 3.63) is 70.8 Å². The average molecular weight is 612 g/mol. The molecule has 1 unspecified atom stereocenters. The van der Waals surface area contributed by atoms with Gasteiger partial charge < -0.3 is 9.47 Å². The van der Waals surface area contributed by atoms with Crippen LogP contribution in [0.1, 0.15) is 28.3 Å². The summed E-state index contributed by atoms with van der Waals surface area (Å²) in [5.41, 5.74) is -2.11. The fourth-order valence-electron chi connectivity index (χ4n) is 4.37. The second-order valence-electron chi connectivity index (χ2n) is 9.58. The summed E-state index contributed by atoms with van der Waals surface area (Å²) in [4.78, 5) is 15.7. The lowest BCUT2D eigenvalue weighted by Gasteiger charge is -2.39. The van der Waals surface area contributed by atoms with Gasteiger partial charge in [-0.2, -0.15) is 26.3 Å². The smallest absolute Gasteiger partial charge is 0.375 e. The molecule has 1 aliphatic heterocycles. The Morgan fingerprint density at radius 2 is 1.51 bits per heavy atom. The maximum atomic E-state index is 13.2. The molecule has 15 heteroatoms. The fourth-order valence-corrected chi connectivity index (χ4v) is 4.84. The van der Waals surface area contributed by atoms with Gasteiger partial charge in [-0.05, 0) is 29.3 Å². The maximum absolute atomic E-state index is 13.2. The van der Waals surface area contributed by atoms with Gasteiger partial charge in [-0.25, -0.2) is 8.42 Å². The summed E-state index contributed by atoms with van der Waals surface area (Å²) in [6, 6.07) is 10.4. The van der Waals surface area contributed by atoms with Gasteiger partial charge in [-0.3, -0.25) is 19.3 Å². The van der Waals surface area contributed by atoms with Gasteiger partial charge in [-0.1, -0.05) is 30.3 Å². The third-order valence-corrected chi connectivity index (χ3v) is 6.91. The predicted molar refractivity (Wildman–Crippen MR) is 137 cm³/mol. The van der Waals surface area contributed by atoms with Gasteiger partial charge in [0.1, 0.15) is 6.61 Å². The molecule has 228 valence electrons. The van der Waals surface area contributed by atoms with Gasteiger partial charge in [0.05, 0.1) is 43.2 Å². The number of carbonyl (C=O) groups is 1. The van der Waals surface area contributed by atoms with E-state index in [1.807, 2.05) is 35.1 Å². The lowest BCUT2D eigenvalue weighted by Crippen LogP contribution is -2.49. The number of piperazine rings is 1. The third kappa shape index (κ3) is 10.9. The number of nitrogens with one attached hydrogen (secondary N) is 1. The van der Waals surface area contributed by atoms with Gasteiger partial charge in [0, 0.05) is 32.7 Å². The standard InChI is InChI=1S/C26H31F6N3O5S/c1-41(37,38)33-24(36)18-39-12-11-34-7-9-35(10-8-34)23(20-5-3-2-4-6-20)17-40-16-19-13-21(25(27,28)29)15-22(14-19)26(30,31)32/h2-6,13-15,23H,7-12,16-18H2,1H3,(H,33,36). The van der Waals surface area contributed by atoms with Crippen LogP contribution in [0.15, 0.2) is 48.5 Å². The molecule has 0 aliphatic carbocycles. The highest BCUT2D eigenvalue weighted by Gasteiger charge is 2.37. The van der Waals surface area contributed by atoms with Crippen molar-refractivity contribution < 1.29 is 49.0 Å². The number of nitrogens with zero attached hydrogens (tertiary/aromatic N) is 2. The van der Waals surface area contributed by atoms with Gasteiger partial charge in [-0.15, -0.1) is 0 Å². The first kappa shape index (κ1) is 32.8. The molecule has 1 atom stereocenters. The van der Waals surface area contributed by atoms with Crippen molar-refractivity contribution >= 4 is 15.9 Å². The van der Waals surface area contributed by atoms with Crippen LogP contribution in [-0.2, 0) is 43.3 Å². The highest BCUT2D eigenvalue weighted by molar-refractivity contribution is 7.89. The van der Waals surface area contributed by atoms with E-state index in [0.29, 0.717) is 44.9 Å². The van der Waals surface area contributed by atoms with Crippen molar-refractivity contribution in [2.75, 3.05) is 58.8 Å². The van der Waals surface area contributed by atoms with E-state index in [2.05, 4.69) is 9.80 Å². The Kier molecular flexibility index (Phi) is 11.2. The number of halogens is 6. The molecule has 3 rings (SSSR count). The summed E-state index contributed by atoms with van der Waals surface area (Å²) >= 11 is 0. The van der Waals surface area contributed by atoms with E-state index in [0.717, 1.165) is 11.8 Å². The quantitative estimate of drug-likeness (QED) is 0.290. The van der Waals surface area contributed by atoms with E-state index < -0.39 is 52.6 Å². The van der Waals surface area contributed by atoms with E-state index in [4.69, 9.17) is 9.47 Å². The molecule has 0 bridgehead atoms. The highest BCUT2D eigenvalue weighted by Crippen LogP contribution is 2.36. The topological polar surface area (TPSA) is 88.2 Å². The van der Waals surface area contributed by atoms with Crippen molar-refractivity contribution in [2.24, 2.45) is 0 Å². The summed E-state index contributed by atoms with van der Waals surface area (Å²) in [6.07, 6.45) is -9.00. The first-order valence-electron chi connectivity index (χ1n) is 12.6. The Morgan fingerprint density at radius 3 is 2.05 bits per heavy atom. The molecule has 1 heterocycles. The normalized spacial score (nSPS) is 16.5. The Balaban J connectivity index is 1.57. The fraction of sp³-hybridized carbons (Fsp3) is 0.500. The molecule has 2 aromatic carbocycles. The third-order valence-electron chi connectivity index (χ3n) is 6.31. The molecule has 2 aromatic rings. The molecule has 1 saturated heterocycles.